The highest BCUT2D eigenvalue weighted by Crippen LogP contribution is 2.38. The smallest absolute Gasteiger partial charge is 0.135 e. The number of hydrogen-bond donors (Lipinski definition) is 1. The number of carbonyl (C=O) groups excluding carboxylic acids is 1. The predicted octanol–water partition coefficient (Wildman–Crippen LogP) is 1.60. The average molecular weight is 205 g/mol. The van der Waals surface area contributed by atoms with Gasteiger partial charge in [0.15, 0.2) is 0 Å². The second-order valence-electron chi connectivity index (χ2n) is 4.07. The lowest BCUT2D eigenvalue weighted by molar-refractivity contribution is -0.117. The Kier molecular flexibility index (Phi) is 2.49. The topological polar surface area (TPSA) is 52.3 Å². The minimum Gasteiger partial charge on any atom is -0.496 e. The summed E-state index contributed by atoms with van der Waals surface area (Å²) in [6, 6.07) is 7.65. The van der Waals surface area contributed by atoms with Gasteiger partial charge >= 0.3 is 0 Å². The fourth-order valence-corrected chi connectivity index (χ4v) is 2.18. The highest BCUT2D eigenvalue weighted by molar-refractivity contribution is 5.82. The summed E-state index contributed by atoms with van der Waals surface area (Å²) in [7, 11) is 1.62. The Morgan fingerprint density at radius 2 is 2.13 bits per heavy atom. The lowest BCUT2D eigenvalue weighted by atomic mass is 9.88. The molecule has 3 nitrogen and oxygen atoms in total. The van der Waals surface area contributed by atoms with E-state index in [0.29, 0.717) is 19.3 Å². The van der Waals surface area contributed by atoms with Crippen molar-refractivity contribution in [2.24, 2.45) is 5.73 Å². The molecule has 0 radical (unpaired) electrons. The molecule has 1 aliphatic carbocycles. The van der Waals surface area contributed by atoms with Gasteiger partial charge in [0.05, 0.1) is 12.6 Å². The predicted molar refractivity (Wildman–Crippen MR) is 57.7 cm³/mol. The molecule has 2 N–H and O–H groups in total. The van der Waals surface area contributed by atoms with E-state index in [1.54, 1.807) is 7.11 Å². The standard InChI is InChI=1S/C12H15NO2/c1-15-11-5-3-2-4-10(11)12(13)7-6-9(14)8-12/h2-5H,6-8,13H2,1H3. The highest BCUT2D eigenvalue weighted by Gasteiger charge is 2.37. The van der Waals surface area contributed by atoms with Crippen molar-refractivity contribution < 1.29 is 9.53 Å². The second kappa shape index (κ2) is 3.66. The maximum absolute atomic E-state index is 11.3. The van der Waals surface area contributed by atoms with Crippen LogP contribution in [0.2, 0.25) is 0 Å². The minimum atomic E-state index is -0.524. The third-order valence-electron chi connectivity index (χ3n) is 3.01. The summed E-state index contributed by atoms with van der Waals surface area (Å²) in [5.74, 6) is 1.01. The molecule has 0 saturated heterocycles. The summed E-state index contributed by atoms with van der Waals surface area (Å²) in [6.07, 6.45) is 1.72. The van der Waals surface area contributed by atoms with Crippen LogP contribution >= 0.6 is 0 Å². The van der Waals surface area contributed by atoms with Crippen molar-refractivity contribution in [3.05, 3.63) is 29.8 Å². The molecule has 0 aliphatic heterocycles. The summed E-state index contributed by atoms with van der Waals surface area (Å²) in [5.41, 5.74) is 6.67. The van der Waals surface area contributed by atoms with Gasteiger partial charge in [-0.1, -0.05) is 18.2 Å². The molecule has 1 fully saturated rings. The molecule has 0 amide bonds. The van der Waals surface area contributed by atoms with E-state index in [2.05, 4.69) is 0 Å². The van der Waals surface area contributed by atoms with E-state index in [0.717, 1.165) is 11.3 Å². The van der Waals surface area contributed by atoms with Crippen molar-refractivity contribution in [2.45, 2.75) is 24.8 Å². The molecule has 15 heavy (non-hydrogen) atoms. The maximum Gasteiger partial charge on any atom is 0.135 e. The summed E-state index contributed by atoms with van der Waals surface area (Å²) >= 11 is 0. The number of para-hydroxylation sites is 1. The largest absolute Gasteiger partial charge is 0.496 e. The van der Waals surface area contributed by atoms with Crippen LogP contribution in [0.5, 0.6) is 5.75 Å². The number of carbonyl (C=O) groups is 1. The van der Waals surface area contributed by atoms with E-state index in [1.165, 1.54) is 0 Å². The van der Waals surface area contributed by atoms with Crippen molar-refractivity contribution in [1.29, 1.82) is 0 Å². The monoisotopic (exact) mass is 205 g/mol. The van der Waals surface area contributed by atoms with E-state index in [1.807, 2.05) is 24.3 Å². The third-order valence-corrected chi connectivity index (χ3v) is 3.01. The first-order valence-electron chi connectivity index (χ1n) is 5.10. The van der Waals surface area contributed by atoms with Gasteiger partial charge in [-0.05, 0) is 12.5 Å². The molecule has 0 aromatic heterocycles. The van der Waals surface area contributed by atoms with Gasteiger partial charge in [0, 0.05) is 18.4 Å². The lowest BCUT2D eigenvalue weighted by Gasteiger charge is -2.25. The van der Waals surface area contributed by atoms with Crippen LogP contribution in [0.25, 0.3) is 0 Å². The Labute approximate surface area is 89.2 Å². The summed E-state index contributed by atoms with van der Waals surface area (Å²) in [5, 5.41) is 0. The van der Waals surface area contributed by atoms with Gasteiger partial charge in [0.25, 0.3) is 0 Å². The molecule has 1 atom stereocenters. The molecule has 1 aliphatic rings. The van der Waals surface area contributed by atoms with Crippen LogP contribution in [0.15, 0.2) is 24.3 Å². The fraction of sp³-hybridized carbons (Fsp3) is 0.417. The molecule has 1 aromatic carbocycles. The van der Waals surface area contributed by atoms with Crippen LogP contribution in [-0.4, -0.2) is 12.9 Å². The average Bonchev–Trinajstić information content (AvgIpc) is 2.60. The second-order valence-corrected chi connectivity index (χ2v) is 4.07. The normalized spacial score (nSPS) is 25.6. The van der Waals surface area contributed by atoms with E-state index < -0.39 is 5.54 Å². The number of rotatable bonds is 2. The molecule has 1 unspecified atom stereocenters. The highest BCUT2D eigenvalue weighted by atomic mass is 16.5. The van der Waals surface area contributed by atoms with Crippen LogP contribution in [0.4, 0.5) is 0 Å². The van der Waals surface area contributed by atoms with Gasteiger partial charge in [-0.25, -0.2) is 0 Å². The molecule has 1 aromatic rings. The zero-order valence-electron chi connectivity index (χ0n) is 8.82. The van der Waals surface area contributed by atoms with Gasteiger partial charge in [-0.3, -0.25) is 4.79 Å². The molecule has 80 valence electrons. The summed E-state index contributed by atoms with van der Waals surface area (Å²) in [6.45, 7) is 0. The number of hydrogen-bond acceptors (Lipinski definition) is 3. The van der Waals surface area contributed by atoms with E-state index in [9.17, 15) is 4.79 Å². The molecular weight excluding hydrogens is 190 g/mol. The van der Waals surface area contributed by atoms with Gasteiger partial charge in [-0.15, -0.1) is 0 Å². The van der Waals surface area contributed by atoms with Crippen molar-refractivity contribution in [2.75, 3.05) is 7.11 Å². The van der Waals surface area contributed by atoms with Crippen molar-refractivity contribution in [3.63, 3.8) is 0 Å². The fourth-order valence-electron chi connectivity index (χ4n) is 2.18. The SMILES string of the molecule is COc1ccccc1C1(N)CCC(=O)C1. The Balaban J connectivity index is 2.40. The third kappa shape index (κ3) is 1.75. The molecule has 0 bridgehead atoms. The number of benzene rings is 1. The minimum absolute atomic E-state index is 0.239. The molecule has 3 heteroatoms. The van der Waals surface area contributed by atoms with E-state index >= 15 is 0 Å². The van der Waals surface area contributed by atoms with Crippen LogP contribution in [0.3, 0.4) is 0 Å². The quantitative estimate of drug-likeness (QED) is 0.797. The lowest BCUT2D eigenvalue weighted by Crippen LogP contribution is -2.34. The van der Waals surface area contributed by atoms with E-state index in [-0.39, 0.29) is 5.78 Å². The first-order chi connectivity index (χ1) is 7.15. The van der Waals surface area contributed by atoms with Crippen molar-refractivity contribution in [1.82, 2.24) is 0 Å². The molecule has 2 rings (SSSR count). The van der Waals surface area contributed by atoms with Gasteiger partial charge < -0.3 is 10.5 Å². The zero-order valence-corrected chi connectivity index (χ0v) is 8.82. The Bertz CT molecular complexity index is 389. The van der Waals surface area contributed by atoms with Crippen LogP contribution in [-0.2, 0) is 10.3 Å². The number of ketones is 1. The first kappa shape index (κ1) is 10.2. The molecule has 0 heterocycles. The number of nitrogens with two attached hydrogens (primary N) is 1. The van der Waals surface area contributed by atoms with Crippen LogP contribution in [0, 0.1) is 0 Å². The van der Waals surface area contributed by atoms with Crippen LogP contribution < -0.4 is 10.5 Å². The van der Waals surface area contributed by atoms with E-state index in [4.69, 9.17) is 10.5 Å². The first-order valence-corrected chi connectivity index (χ1v) is 5.10. The molecule has 0 spiro atoms. The maximum atomic E-state index is 11.3. The molecule has 1 saturated carbocycles. The summed E-state index contributed by atoms with van der Waals surface area (Å²) < 4.78 is 5.27. The van der Waals surface area contributed by atoms with Gasteiger partial charge in [0.1, 0.15) is 11.5 Å². The zero-order chi connectivity index (χ0) is 10.9. The number of methoxy groups -OCH3 is 1. The van der Waals surface area contributed by atoms with Gasteiger partial charge in [0.2, 0.25) is 0 Å². The van der Waals surface area contributed by atoms with Crippen molar-refractivity contribution >= 4 is 5.78 Å². The Hall–Kier alpha value is -1.35. The summed E-state index contributed by atoms with van der Waals surface area (Å²) in [4.78, 5) is 11.3. The van der Waals surface area contributed by atoms with Crippen LogP contribution in [0.1, 0.15) is 24.8 Å². The number of Topliss-reactive ketones (excluding diaryl/α,β-unsaturated/α-hetero) is 1. The van der Waals surface area contributed by atoms with Gasteiger partial charge in [-0.2, -0.15) is 0 Å². The van der Waals surface area contributed by atoms with Crippen molar-refractivity contribution in [3.8, 4) is 5.75 Å². The Morgan fingerprint density at radius 3 is 2.73 bits per heavy atom. The Morgan fingerprint density at radius 1 is 1.40 bits per heavy atom. The molecular formula is C12H15NO2. The number of ether oxygens (including phenoxy) is 1.